The monoisotopic (exact) mass is 283 g/mol. The van der Waals surface area contributed by atoms with Gasteiger partial charge in [0.1, 0.15) is 5.69 Å². The van der Waals surface area contributed by atoms with Crippen molar-refractivity contribution in [2.24, 2.45) is 5.73 Å². The normalized spacial score (nSPS) is 20.5. The molecule has 0 aliphatic carbocycles. The van der Waals surface area contributed by atoms with Gasteiger partial charge in [0, 0.05) is 24.0 Å². The molecule has 3 rings (SSSR count). The van der Waals surface area contributed by atoms with Crippen LogP contribution in [0.25, 0.3) is 10.9 Å². The van der Waals surface area contributed by atoms with Gasteiger partial charge in [-0.3, -0.25) is 4.79 Å². The molecule has 0 radical (unpaired) electrons. The summed E-state index contributed by atoms with van der Waals surface area (Å²) in [5.41, 5.74) is 7.42. The molecule has 0 saturated carbocycles. The maximum Gasteiger partial charge on any atom is 0.272 e. The number of benzene rings is 1. The molecule has 0 bridgehead atoms. The van der Waals surface area contributed by atoms with E-state index in [1.54, 1.807) is 0 Å². The maximum atomic E-state index is 12.8. The Morgan fingerprint density at radius 1 is 1.29 bits per heavy atom. The van der Waals surface area contributed by atoms with Crippen LogP contribution in [0.1, 0.15) is 36.7 Å². The largest absolute Gasteiger partial charge is 0.333 e. The molecule has 1 aliphatic heterocycles. The van der Waals surface area contributed by atoms with E-state index in [4.69, 9.17) is 5.73 Å². The summed E-state index contributed by atoms with van der Waals surface area (Å²) in [6, 6.07) is 11.7. The second-order valence-corrected chi connectivity index (χ2v) is 5.81. The molecule has 2 unspecified atom stereocenters. The van der Waals surface area contributed by atoms with Crippen molar-refractivity contribution in [2.75, 3.05) is 6.54 Å². The van der Waals surface area contributed by atoms with Gasteiger partial charge in [-0.05, 0) is 38.3 Å². The van der Waals surface area contributed by atoms with Crippen LogP contribution >= 0.6 is 0 Å². The van der Waals surface area contributed by atoms with Crippen LogP contribution in [0, 0.1) is 0 Å². The van der Waals surface area contributed by atoms with Gasteiger partial charge in [0.05, 0.1) is 5.52 Å². The Balaban J connectivity index is 1.91. The number of nitrogens with zero attached hydrogens (tertiary/aromatic N) is 2. The fourth-order valence-corrected chi connectivity index (χ4v) is 3.09. The van der Waals surface area contributed by atoms with E-state index < -0.39 is 0 Å². The van der Waals surface area contributed by atoms with Crippen LogP contribution in [0.2, 0.25) is 0 Å². The topological polar surface area (TPSA) is 59.2 Å². The highest BCUT2D eigenvalue weighted by molar-refractivity contribution is 5.95. The summed E-state index contributed by atoms with van der Waals surface area (Å²) in [5.74, 6) is 0.00255. The lowest BCUT2D eigenvalue weighted by Gasteiger charge is -2.37. The van der Waals surface area contributed by atoms with Gasteiger partial charge < -0.3 is 10.6 Å². The minimum atomic E-state index is -0.00490. The number of pyridine rings is 1. The summed E-state index contributed by atoms with van der Waals surface area (Å²) in [5, 5.41) is 1.05. The van der Waals surface area contributed by atoms with Crippen LogP contribution in [0.4, 0.5) is 0 Å². The Morgan fingerprint density at radius 2 is 2.10 bits per heavy atom. The number of carbonyl (C=O) groups excluding carboxylic acids is 1. The fourth-order valence-electron chi connectivity index (χ4n) is 3.09. The van der Waals surface area contributed by atoms with Crippen molar-refractivity contribution in [3.8, 4) is 0 Å². The minimum absolute atomic E-state index is 0.00255. The molecular weight excluding hydrogens is 262 g/mol. The molecule has 2 heterocycles. The fraction of sp³-hybridized carbons (Fsp3) is 0.412. The number of likely N-dealkylation sites (tertiary alicyclic amines) is 1. The van der Waals surface area contributed by atoms with Crippen LogP contribution in [0.5, 0.6) is 0 Å². The first kappa shape index (κ1) is 14.0. The van der Waals surface area contributed by atoms with E-state index in [-0.39, 0.29) is 18.0 Å². The van der Waals surface area contributed by atoms with Crippen molar-refractivity contribution < 1.29 is 4.79 Å². The van der Waals surface area contributed by atoms with Crippen molar-refractivity contribution in [2.45, 2.75) is 38.3 Å². The van der Waals surface area contributed by atoms with Gasteiger partial charge in [0.2, 0.25) is 0 Å². The van der Waals surface area contributed by atoms with Crippen LogP contribution in [0.3, 0.4) is 0 Å². The Morgan fingerprint density at radius 3 is 2.90 bits per heavy atom. The molecule has 1 aromatic heterocycles. The summed E-state index contributed by atoms with van der Waals surface area (Å²) in [6.07, 6.45) is 3.17. The second-order valence-electron chi connectivity index (χ2n) is 5.81. The van der Waals surface area contributed by atoms with E-state index in [0.29, 0.717) is 5.69 Å². The number of piperidine rings is 1. The zero-order chi connectivity index (χ0) is 14.8. The zero-order valence-electron chi connectivity index (χ0n) is 12.3. The van der Waals surface area contributed by atoms with Gasteiger partial charge in [0.25, 0.3) is 5.91 Å². The smallest absolute Gasteiger partial charge is 0.272 e. The third-order valence-electron chi connectivity index (χ3n) is 4.23. The highest BCUT2D eigenvalue weighted by Gasteiger charge is 2.30. The lowest BCUT2D eigenvalue weighted by Crippen LogP contribution is -2.51. The standard InChI is InChI=1S/C17H21N3O/c1-12(18)16-8-4-5-11-20(16)17(21)15-10-9-13-6-2-3-7-14(13)19-15/h2-3,6-7,9-10,12,16H,4-5,8,11,18H2,1H3. The van der Waals surface area contributed by atoms with Crippen molar-refractivity contribution in [1.29, 1.82) is 0 Å². The summed E-state index contributed by atoms with van der Waals surface area (Å²) < 4.78 is 0. The predicted molar refractivity (Wildman–Crippen MR) is 84.1 cm³/mol. The van der Waals surface area contributed by atoms with Crippen molar-refractivity contribution in [1.82, 2.24) is 9.88 Å². The van der Waals surface area contributed by atoms with Crippen molar-refractivity contribution in [3.05, 3.63) is 42.1 Å². The Kier molecular flexibility index (Phi) is 3.88. The van der Waals surface area contributed by atoms with E-state index in [1.165, 1.54) is 0 Å². The number of carbonyl (C=O) groups is 1. The quantitative estimate of drug-likeness (QED) is 0.921. The van der Waals surface area contributed by atoms with Crippen LogP contribution in [-0.4, -0.2) is 34.4 Å². The number of hydrogen-bond acceptors (Lipinski definition) is 3. The second kappa shape index (κ2) is 5.82. The number of nitrogens with two attached hydrogens (primary N) is 1. The minimum Gasteiger partial charge on any atom is -0.333 e. The number of fused-ring (bicyclic) bond motifs is 1. The molecule has 2 aromatic rings. The third kappa shape index (κ3) is 2.76. The predicted octanol–water partition coefficient (Wildman–Crippen LogP) is 2.58. The molecule has 0 spiro atoms. The summed E-state index contributed by atoms with van der Waals surface area (Å²) in [6.45, 7) is 2.75. The van der Waals surface area contributed by atoms with Gasteiger partial charge in [-0.2, -0.15) is 0 Å². The molecule has 2 atom stereocenters. The molecule has 2 N–H and O–H groups in total. The van der Waals surface area contributed by atoms with Crippen LogP contribution in [0.15, 0.2) is 36.4 Å². The van der Waals surface area contributed by atoms with Gasteiger partial charge in [-0.1, -0.05) is 24.3 Å². The Hall–Kier alpha value is -1.94. The van der Waals surface area contributed by atoms with Crippen LogP contribution in [-0.2, 0) is 0 Å². The molecule has 1 aromatic carbocycles. The Labute approximate surface area is 125 Å². The molecular formula is C17H21N3O. The highest BCUT2D eigenvalue weighted by Crippen LogP contribution is 2.22. The summed E-state index contributed by atoms with van der Waals surface area (Å²) in [7, 11) is 0. The number of para-hydroxylation sites is 1. The first-order chi connectivity index (χ1) is 10.2. The van der Waals surface area contributed by atoms with Crippen molar-refractivity contribution in [3.63, 3.8) is 0 Å². The lowest BCUT2D eigenvalue weighted by atomic mass is 9.96. The first-order valence-corrected chi connectivity index (χ1v) is 7.59. The van der Waals surface area contributed by atoms with E-state index >= 15 is 0 Å². The molecule has 4 heteroatoms. The average molecular weight is 283 g/mol. The first-order valence-electron chi connectivity index (χ1n) is 7.59. The molecule has 110 valence electrons. The highest BCUT2D eigenvalue weighted by atomic mass is 16.2. The molecule has 21 heavy (non-hydrogen) atoms. The average Bonchev–Trinajstić information content (AvgIpc) is 2.53. The molecule has 1 amide bonds. The number of hydrogen-bond donors (Lipinski definition) is 1. The Bertz CT molecular complexity index is 653. The summed E-state index contributed by atoms with van der Waals surface area (Å²) in [4.78, 5) is 19.2. The van der Waals surface area contributed by atoms with E-state index in [1.807, 2.05) is 48.2 Å². The number of amides is 1. The number of rotatable bonds is 2. The molecule has 1 saturated heterocycles. The van der Waals surface area contributed by atoms with E-state index in [2.05, 4.69) is 4.98 Å². The van der Waals surface area contributed by atoms with E-state index in [9.17, 15) is 4.79 Å². The maximum absolute atomic E-state index is 12.8. The molecule has 1 aliphatic rings. The van der Waals surface area contributed by atoms with Gasteiger partial charge in [-0.25, -0.2) is 4.98 Å². The molecule has 4 nitrogen and oxygen atoms in total. The third-order valence-corrected chi connectivity index (χ3v) is 4.23. The van der Waals surface area contributed by atoms with Gasteiger partial charge >= 0.3 is 0 Å². The van der Waals surface area contributed by atoms with E-state index in [0.717, 1.165) is 36.7 Å². The number of aromatic nitrogens is 1. The molecule has 1 fully saturated rings. The summed E-state index contributed by atoms with van der Waals surface area (Å²) >= 11 is 0. The SMILES string of the molecule is CC(N)C1CCCCN1C(=O)c1ccc2ccccc2n1. The zero-order valence-corrected chi connectivity index (χ0v) is 12.3. The lowest BCUT2D eigenvalue weighted by molar-refractivity contribution is 0.0578. The van der Waals surface area contributed by atoms with Gasteiger partial charge in [-0.15, -0.1) is 0 Å². The van der Waals surface area contributed by atoms with Crippen molar-refractivity contribution >= 4 is 16.8 Å². The van der Waals surface area contributed by atoms with Gasteiger partial charge in [0.15, 0.2) is 0 Å². The van der Waals surface area contributed by atoms with Crippen LogP contribution < -0.4 is 5.73 Å².